The minimum absolute atomic E-state index is 0.00568. The molecule has 0 unspecified atom stereocenters. The SMILES string of the molecule is CC(C)[C@@H](Nc1nc(Nc2ccc3ncsc3c2)c(C(N)=O)c(=O)[nH]1)C(N)=O. The van der Waals surface area contributed by atoms with Crippen molar-refractivity contribution in [2.75, 3.05) is 10.6 Å². The van der Waals surface area contributed by atoms with Crippen LogP contribution in [-0.4, -0.2) is 32.8 Å². The predicted molar refractivity (Wildman–Crippen MR) is 108 cm³/mol. The highest BCUT2D eigenvalue weighted by Gasteiger charge is 2.22. The Morgan fingerprint density at radius 2 is 2.00 bits per heavy atom. The average Bonchev–Trinajstić information content (AvgIpc) is 3.06. The second-order valence-corrected chi connectivity index (χ2v) is 7.32. The van der Waals surface area contributed by atoms with E-state index in [1.807, 2.05) is 6.07 Å². The Kier molecular flexibility index (Phi) is 5.27. The maximum absolute atomic E-state index is 12.4. The highest BCUT2D eigenvalue weighted by molar-refractivity contribution is 7.16. The number of amides is 2. The van der Waals surface area contributed by atoms with Crippen LogP contribution < -0.4 is 27.7 Å². The molecule has 1 aromatic carbocycles. The second kappa shape index (κ2) is 7.64. The maximum Gasteiger partial charge on any atom is 0.267 e. The van der Waals surface area contributed by atoms with E-state index in [4.69, 9.17) is 11.5 Å². The van der Waals surface area contributed by atoms with Crippen molar-refractivity contribution >= 4 is 50.8 Å². The number of aromatic nitrogens is 3. The Hall–Kier alpha value is -3.47. The van der Waals surface area contributed by atoms with E-state index in [1.165, 1.54) is 11.3 Å². The van der Waals surface area contributed by atoms with Gasteiger partial charge in [0.25, 0.3) is 11.5 Å². The number of carbonyl (C=O) groups excluding carboxylic acids is 2. The van der Waals surface area contributed by atoms with Crippen molar-refractivity contribution < 1.29 is 9.59 Å². The topological polar surface area (TPSA) is 169 Å². The van der Waals surface area contributed by atoms with Crippen molar-refractivity contribution in [3.05, 3.63) is 39.6 Å². The minimum Gasteiger partial charge on any atom is -0.368 e. The van der Waals surface area contributed by atoms with Gasteiger partial charge in [-0.2, -0.15) is 4.98 Å². The van der Waals surface area contributed by atoms with Crippen molar-refractivity contribution in [2.24, 2.45) is 17.4 Å². The highest BCUT2D eigenvalue weighted by Crippen LogP contribution is 2.25. The Labute approximate surface area is 163 Å². The molecule has 0 aliphatic carbocycles. The summed E-state index contributed by atoms with van der Waals surface area (Å²) >= 11 is 1.45. The number of nitrogens with one attached hydrogen (secondary N) is 3. The number of rotatable bonds is 7. The molecule has 11 heteroatoms. The largest absolute Gasteiger partial charge is 0.368 e. The van der Waals surface area contributed by atoms with Crippen molar-refractivity contribution in [1.82, 2.24) is 15.0 Å². The summed E-state index contributed by atoms with van der Waals surface area (Å²) in [7, 11) is 0. The quantitative estimate of drug-likeness (QED) is 0.395. The molecule has 10 nitrogen and oxygen atoms in total. The van der Waals surface area contributed by atoms with E-state index >= 15 is 0 Å². The summed E-state index contributed by atoms with van der Waals surface area (Å²) in [4.78, 5) is 46.6. The summed E-state index contributed by atoms with van der Waals surface area (Å²) in [5.41, 5.74) is 12.8. The summed E-state index contributed by atoms with van der Waals surface area (Å²) in [6.45, 7) is 3.59. The number of anilines is 3. The van der Waals surface area contributed by atoms with Crippen molar-refractivity contribution in [1.29, 1.82) is 0 Å². The monoisotopic (exact) mass is 401 g/mol. The molecule has 0 fully saturated rings. The molecule has 0 saturated heterocycles. The molecule has 2 heterocycles. The fraction of sp³-hybridized carbons (Fsp3) is 0.235. The lowest BCUT2D eigenvalue weighted by molar-refractivity contribution is -0.119. The number of benzene rings is 1. The molecule has 1 atom stereocenters. The molecule has 0 aliphatic rings. The first-order chi connectivity index (χ1) is 13.3. The molecule has 0 spiro atoms. The third kappa shape index (κ3) is 3.93. The number of primary amides is 2. The van der Waals surface area contributed by atoms with Gasteiger partial charge >= 0.3 is 0 Å². The summed E-state index contributed by atoms with van der Waals surface area (Å²) < 4.78 is 0.919. The lowest BCUT2D eigenvalue weighted by atomic mass is 10.0. The number of thiazole rings is 1. The maximum atomic E-state index is 12.4. The normalized spacial score (nSPS) is 12.1. The fourth-order valence-corrected chi connectivity index (χ4v) is 3.36. The molecule has 0 bridgehead atoms. The van der Waals surface area contributed by atoms with Gasteiger partial charge in [0.1, 0.15) is 11.6 Å². The Balaban J connectivity index is 2.02. The average molecular weight is 401 g/mol. The van der Waals surface area contributed by atoms with Crippen LogP contribution in [0, 0.1) is 5.92 Å². The zero-order valence-corrected chi connectivity index (χ0v) is 16.0. The van der Waals surface area contributed by atoms with Crippen molar-refractivity contribution in [3.63, 3.8) is 0 Å². The first-order valence-electron chi connectivity index (χ1n) is 8.36. The number of carbonyl (C=O) groups is 2. The number of nitrogens with zero attached hydrogens (tertiary/aromatic N) is 2. The van der Waals surface area contributed by atoms with Gasteiger partial charge in [0.2, 0.25) is 11.9 Å². The molecule has 3 aromatic rings. The molecular formula is C17H19N7O3S. The Bertz CT molecular complexity index is 1110. The molecule has 28 heavy (non-hydrogen) atoms. The van der Waals surface area contributed by atoms with Crippen LogP contribution >= 0.6 is 11.3 Å². The number of H-pyrrole nitrogens is 1. The third-order valence-electron chi connectivity index (χ3n) is 4.03. The number of nitrogens with two attached hydrogens (primary N) is 2. The van der Waals surface area contributed by atoms with Gasteiger partial charge in [0, 0.05) is 5.69 Å². The summed E-state index contributed by atoms with van der Waals surface area (Å²) in [5.74, 6) is -1.72. The minimum atomic E-state index is -0.933. The zero-order chi connectivity index (χ0) is 20.4. The highest BCUT2D eigenvalue weighted by atomic mass is 32.1. The fourth-order valence-electron chi connectivity index (χ4n) is 2.64. The van der Waals surface area contributed by atoms with Crippen LogP contribution in [0.25, 0.3) is 10.2 Å². The number of hydrogen-bond acceptors (Lipinski definition) is 8. The lowest BCUT2D eigenvalue weighted by Gasteiger charge is -2.20. The van der Waals surface area contributed by atoms with Crippen molar-refractivity contribution in [3.8, 4) is 0 Å². The molecule has 7 N–H and O–H groups in total. The van der Waals surface area contributed by atoms with Gasteiger partial charge in [0.15, 0.2) is 5.82 Å². The molecule has 146 valence electrons. The van der Waals surface area contributed by atoms with E-state index in [0.29, 0.717) is 5.69 Å². The van der Waals surface area contributed by atoms with Gasteiger partial charge in [-0.25, -0.2) is 4.98 Å². The van der Waals surface area contributed by atoms with E-state index in [9.17, 15) is 14.4 Å². The molecule has 0 saturated carbocycles. The van der Waals surface area contributed by atoms with Crippen LogP contribution in [0.15, 0.2) is 28.5 Å². The standard InChI is InChI=1S/C17H19N7O3S/c1-7(2)12(14(19)26)22-17-23-15(11(13(18)25)16(27)24-17)21-8-3-4-9-10(5-8)28-6-20-9/h3-7,12H,1-2H3,(H2,18,25)(H2,19,26)(H3,21,22,23,24,27)/t12-/m1/s1. The van der Waals surface area contributed by atoms with E-state index < -0.39 is 23.4 Å². The van der Waals surface area contributed by atoms with Crippen LogP contribution in [0.2, 0.25) is 0 Å². The Morgan fingerprint density at radius 1 is 1.25 bits per heavy atom. The molecule has 0 aliphatic heterocycles. The van der Waals surface area contributed by atoms with E-state index in [2.05, 4.69) is 25.6 Å². The zero-order valence-electron chi connectivity index (χ0n) is 15.1. The molecule has 2 aromatic heterocycles. The van der Waals surface area contributed by atoms with E-state index in [-0.39, 0.29) is 23.2 Å². The van der Waals surface area contributed by atoms with Gasteiger partial charge in [-0.05, 0) is 24.1 Å². The molecule has 0 radical (unpaired) electrons. The van der Waals surface area contributed by atoms with Crippen LogP contribution in [0.4, 0.5) is 17.5 Å². The predicted octanol–water partition coefficient (Wildman–Crippen LogP) is 1.14. The van der Waals surface area contributed by atoms with Gasteiger partial charge < -0.3 is 22.1 Å². The van der Waals surface area contributed by atoms with E-state index in [0.717, 1.165) is 10.2 Å². The number of aromatic amines is 1. The summed E-state index contributed by atoms with van der Waals surface area (Å²) in [5, 5.41) is 5.73. The number of hydrogen-bond donors (Lipinski definition) is 5. The first-order valence-corrected chi connectivity index (χ1v) is 9.24. The number of fused-ring (bicyclic) bond motifs is 1. The second-order valence-electron chi connectivity index (χ2n) is 6.43. The third-order valence-corrected chi connectivity index (χ3v) is 4.82. The van der Waals surface area contributed by atoms with Crippen LogP contribution in [0.1, 0.15) is 24.2 Å². The summed E-state index contributed by atoms with van der Waals surface area (Å²) in [6, 6.07) is 4.59. The van der Waals surface area contributed by atoms with Gasteiger partial charge in [0.05, 0.1) is 15.7 Å². The van der Waals surface area contributed by atoms with Gasteiger partial charge in [-0.15, -0.1) is 11.3 Å². The van der Waals surface area contributed by atoms with Crippen LogP contribution in [0.5, 0.6) is 0 Å². The molecule has 2 amide bonds. The lowest BCUT2D eigenvalue weighted by Crippen LogP contribution is -2.40. The summed E-state index contributed by atoms with van der Waals surface area (Å²) in [6.07, 6.45) is 0. The first kappa shape index (κ1) is 19.3. The Morgan fingerprint density at radius 3 is 2.64 bits per heavy atom. The molecule has 3 rings (SSSR count). The van der Waals surface area contributed by atoms with Gasteiger partial charge in [-0.3, -0.25) is 19.4 Å². The smallest absolute Gasteiger partial charge is 0.267 e. The van der Waals surface area contributed by atoms with Gasteiger partial charge in [-0.1, -0.05) is 13.8 Å². The van der Waals surface area contributed by atoms with Crippen LogP contribution in [0.3, 0.4) is 0 Å². The molecular weight excluding hydrogens is 382 g/mol. The van der Waals surface area contributed by atoms with Crippen LogP contribution in [-0.2, 0) is 4.79 Å². The van der Waals surface area contributed by atoms with Crippen molar-refractivity contribution in [2.45, 2.75) is 19.9 Å². The van der Waals surface area contributed by atoms with E-state index in [1.54, 1.807) is 31.5 Å².